The van der Waals surface area contributed by atoms with Gasteiger partial charge < -0.3 is 29.9 Å². The first kappa shape index (κ1) is 31.1. The highest BCUT2D eigenvalue weighted by molar-refractivity contribution is 7.90. The average molecular weight is 608 g/mol. The van der Waals surface area contributed by atoms with Crippen LogP contribution < -0.4 is 15.4 Å². The van der Waals surface area contributed by atoms with Crippen LogP contribution in [-0.2, 0) is 16.4 Å². The lowest BCUT2D eigenvalue weighted by Crippen LogP contribution is -2.45. The van der Waals surface area contributed by atoms with Crippen LogP contribution in [0.1, 0.15) is 28.8 Å². The maximum atomic E-state index is 13.3. The first-order valence-electron chi connectivity index (χ1n) is 13.2. The van der Waals surface area contributed by atoms with Crippen molar-refractivity contribution in [3.8, 4) is 17.6 Å². The second-order valence-corrected chi connectivity index (χ2v) is 12.0. The quantitative estimate of drug-likeness (QED) is 0.317. The molecule has 0 aliphatic carbocycles. The number of piperidine rings is 1. The molecule has 226 valence electrons. The Hall–Kier alpha value is -3.80. The van der Waals surface area contributed by atoms with Gasteiger partial charge in [0.2, 0.25) is 0 Å². The number of sulfone groups is 1. The van der Waals surface area contributed by atoms with E-state index in [2.05, 4.69) is 32.4 Å². The van der Waals surface area contributed by atoms with E-state index in [-0.39, 0.29) is 40.7 Å². The number of aliphatic hydroxyl groups excluding tert-OH is 1. The van der Waals surface area contributed by atoms with Crippen LogP contribution in [0.25, 0.3) is 11.0 Å². The molecule has 0 atom stereocenters. The molecule has 0 saturated carbocycles. The molecule has 10 nitrogen and oxygen atoms in total. The van der Waals surface area contributed by atoms with E-state index in [0.29, 0.717) is 49.5 Å². The fourth-order valence-electron chi connectivity index (χ4n) is 4.77. The van der Waals surface area contributed by atoms with Crippen molar-refractivity contribution in [3.05, 3.63) is 47.8 Å². The van der Waals surface area contributed by atoms with Crippen LogP contribution in [0.15, 0.2) is 41.6 Å². The number of amides is 1. The SMILES string of the molecule is COc1ccc(S(C)(=O)=O)cc1NCC#Cc1cc(C(=O)NC2CCN(CCO)CC2)c2ncn(CC(F)(F)F)c2c1. The van der Waals surface area contributed by atoms with Crippen molar-refractivity contribution >= 4 is 32.5 Å². The van der Waals surface area contributed by atoms with Crippen LogP contribution in [0, 0.1) is 11.8 Å². The molecule has 0 bridgehead atoms. The maximum Gasteiger partial charge on any atom is 0.406 e. The van der Waals surface area contributed by atoms with Gasteiger partial charge in [-0.05, 0) is 43.2 Å². The molecule has 0 radical (unpaired) electrons. The molecule has 1 amide bonds. The summed E-state index contributed by atoms with van der Waals surface area (Å²) in [5.41, 5.74) is 1.09. The number of hydrogen-bond donors (Lipinski definition) is 3. The highest BCUT2D eigenvalue weighted by Crippen LogP contribution is 2.28. The number of likely N-dealkylation sites (tertiary alicyclic amines) is 1. The van der Waals surface area contributed by atoms with E-state index in [0.717, 1.165) is 17.2 Å². The number of aliphatic hydroxyl groups is 1. The van der Waals surface area contributed by atoms with E-state index in [4.69, 9.17) is 9.84 Å². The number of rotatable bonds is 9. The summed E-state index contributed by atoms with van der Waals surface area (Å²) < 4.78 is 69.8. The van der Waals surface area contributed by atoms with Gasteiger partial charge in [0.25, 0.3) is 5.91 Å². The number of anilines is 1. The van der Waals surface area contributed by atoms with Gasteiger partial charge >= 0.3 is 6.18 Å². The first-order valence-corrected chi connectivity index (χ1v) is 15.1. The smallest absolute Gasteiger partial charge is 0.406 e. The third kappa shape index (κ3) is 7.93. The predicted molar refractivity (Wildman–Crippen MR) is 151 cm³/mol. The zero-order valence-corrected chi connectivity index (χ0v) is 24.0. The molecular formula is C28H32F3N5O5S. The number of aromatic nitrogens is 2. The topological polar surface area (TPSA) is 126 Å². The summed E-state index contributed by atoms with van der Waals surface area (Å²) >= 11 is 0. The molecule has 0 spiro atoms. The molecular weight excluding hydrogens is 575 g/mol. The lowest BCUT2D eigenvalue weighted by Gasteiger charge is -2.31. The third-order valence-electron chi connectivity index (χ3n) is 6.86. The second-order valence-electron chi connectivity index (χ2n) is 9.98. The number of carbonyl (C=O) groups is 1. The Morgan fingerprint density at radius 2 is 1.95 bits per heavy atom. The number of benzene rings is 2. The number of nitrogens with zero attached hydrogens (tertiary/aromatic N) is 3. The number of ether oxygens (including phenoxy) is 1. The summed E-state index contributed by atoms with van der Waals surface area (Å²) in [4.78, 5) is 19.6. The van der Waals surface area contributed by atoms with E-state index in [1.165, 1.54) is 37.4 Å². The number of alkyl halides is 3. The van der Waals surface area contributed by atoms with Gasteiger partial charge in [-0.15, -0.1) is 0 Å². The highest BCUT2D eigenvalue weighted by atomic mass is 32.2. The van der Waals surface area contributed by atoms with Crippen LogP contribution in [0.5, 0.6) is 5.75 Å². The molecule has 42 heavy (non-hydrogen) atoms. The number of methoxy groups -OCH3 is 1. The van der Waals surface area contributed by atoms with E-state index in [1.54, 1.807) is 0 Å². The van der Waals surface area contributed by atoms with Crippen molar-refractivity contribution in [2.45, 2.75) is 36.5 Å². The molecule has 1 aliphatic rings. The normalized spacial score (nSPS) is 14.8. The molecule has 4 rings (SSSR count). The molecule has 3 aromatic rings. The predicted octanol–water partition coefficient (Wildman–Crippen LogP) is 2.66. The summed E-state index contributed by atoms with van der Waals surface area (Å²) in [6.45, 7) is 0.804. The third-order valence-corrected chi connectivity index (χ3v) is 7.97. The van der Waals surface area contributed by atoms with Gasteiger partial charge in [-0.3, -0.25) is 4.79 Å². The number of fused-ring (bicyclic) bond motifs is 1. The van der Waals surface area contributed by atoms with Crippen LogP contribution in [0.4, 0.5) is 18.9 Å². The van der Waals surface area contributed by atoms with Crippen LogP contribution in [0.3, 0.4) is 0 Å². The monoisotopic (exact) mass is 607 g/mol. The number of carbonyl (C=O) groups excluding carboxylic acids is 1. The minimum absolute atomic E-state index is 0.0529. The van der Waals surface area contributed by atoms with E-state index >= 15 is 0 Å². The zero-order valence-electron chi connectivity index (χ0n) is 23.2. The highest BCUT2D eigenvalue weighted by Gasteiger charge is 2.29. The standard InChI is InChI=1S/C28H32F3N5O5S/c1-41-25-6-5-21(42(2,39)40)16-23(25)32-9-3-4-19-14-22(26-24(15-19)36(18-33-26)17-28(29,30)31)27(38)34-20-7-10-35(11-8-20)12-13-37/h5-6,14-16,18,20,32,37H,7-13,17H2,1-2H3,(H,34,38). The number of imidazole rings is 1. The van der Waals surface area contributed by atoms with Gasteiger partial charge in [0.15, 0.2) is 9.84 Å². The molecule has 2 heterocycles. The van der Waals surface area contributed by atoms with Gasteiger partial charge in [-0.1, -0.05) is 11.8 Å². The molecule has 0 unspecified atom stereocenters. The summed E-state index contributed by atoms with van der Waals surface area (Å²) in [6.07, 6.45) is -1.00. The first-order chi connectivity index (χ1) is 19.9. The molecule has 1 saturated heterocycles. The van der Waals surface area contributed by atoms with E-state index in [1.807, 2.05) is 0 Å². The Labute approximate surface area is 241 Å². The number of β-amino-alcohol motifs (C(OH)–C–C–N with tert-alkyl or cyclic N) is 1. The molecule has 3 N–H and O–H groups in total. The van der Waals surface area contributed by atoms with Gasteiger partial charge in [-0.25, -0.2) is 13.4 Å². The lowest BCUT2D eigenvalue weighted by molar-refractivity contribution is -0.139. The van der Waals surface area contributed by atoms with Crippen molar-refractivity contribution in [2.75, 3.05) is 51.5 Å². The Kier molecular flexibility index (Phi) is 9.65. The number of hydrogen-bond acceptors (Lipinski definition) is 8. The fraction of sp³-hybridized carbons (Fsp3) is 0.429. The fourth-order valence-corrected chi connectivity index (χ4v) is 5.42. The summed E-state index contributed by atoms with van der Waals surface area (Å²) in [5, 5.41) is 15.1. The average Bonchev–Trinajstić information content (AvgIpc) is 3.32. The molecule has 1 aromatic heterocycles. The number of halogens is 3. The van der Waals surface area contributed by atoms with Gasteiger partial charge in [0, 0.05) is 37.5 Å². The second kappa shape index (κ2) is 13.0. The van der Waals surface area contributed by atoms with Crippen molar-refractivity contribution in [3.63, 3.8) is 0 Å². The van der Waals surface area contributed by atoms with Gasteiger partial charge in [-0.2, -0.15) is 13.2 Å². The van der Waals surface area contributed by atoms with Crippen molar-refractivity contribution < 1.29 is 36.2 Å². The van der Waals surface area contributed by atoms with Crippen molar-refractivity contribution in [2.24, 2.45) is 0 Å². The van der Waals surface area contributed by atoms with Crippen molar-refractivity contribution in [1.29, 1.82) is 0 Å². The minimum Gasteiger partial charge on any atom is -0.495 e. The Balaban J connectivity index is 1.59. The minimum atomic E-state index is -4.50. The molecule has 14 heteroatoms. The zero-order chi connectivity index (χ0) is 30.5. The van der Waals surface area contributed by atoms with Crippen molar-refractivity contribution in [1.82, 2.24) is 19.8 Å². The maximum absolute atomic E-state index is 13.3. The Morgan fingerprint density at radius 1 is 1.21 bits per heavy atom. The van der Waals surface area contributed by atoms with Crippen LogP contribution in [-0.4, -0.2) is 92.3 Å². The van der Waals surface area contributed by atoms with E-state index < -0.39 is 28.5 Å². The molecule has 2 aromatic carbocycles. The Morgan fingerprint density at radius 3 is 2.60 bits per heavy atom. The molecule has 1 aliphatic heterocycles. The summed E-state index contributed by atoms with van der Waals surface area (Å²) in [7, 11) is -2.01. The van der Waals surface area contributed by atoms with Crippen LogP contribution in [0.2, 0.25) is 0 Å². The molecule has 1 fully saturated rings. The van der Waals surface area contributed by atoms with Gasteiger partial charge in [0.1, 0.15) is 17.8 Å². The largest absolute Gasteiger partial charge is 0.495 e. The van der Waals surface area contributed by atoms with Gasteiger partial charge in [0.05, 0.1) is 48.3 Å². The number of nitrogens with one attached hydrogen (secondary N) is 2. The summed E-state index contributed by atoms with van der Waals surface area (Å²) in [6, 6.07) is 7.20. The Bertz CT molecular complexity index is 1600. The summed E-state index contributed by atoms with van der Waals surface area (Å²) in [5.74, 6) is 5.71. The van der Waals surface area contributed by atoms with E-state index in [9.17, 15) is 26.4 Å². The lowest BCUT2D eigenvalue weighted by atomic mass is 10.0. The van der Waals surface area contributed by atoms with Crippen LogP contribution >= 0.6 is 0 Å².